The van der Waals surface area contributed by atoms with Crippen LogP contribution in [-0.4, -0.2) is 21.4 Å². The van der Waals surface area contributed by atoms with E-state index >= 15 is 0 Å². The largest absolute Gasteiger partial charge is 0.494 e. The van der Waals surface area contributed by atoms with E-state index in [0.29, 0.717) is 17.8 Å². The second-order valence-corrected chi connectivity index (χ2v) is 4.70. The maximum atomic E-state index is 6.11. The lowest BCUT2D eigenvalue weighted by Crippen LogP contribution is -2.00. The van der Waals surface area contributed by atoms with Gasteiger partial charge in [0.2, 0.25) is 5.28 Å². The lowest BCUT2D eigenvalue weighted by atomic mass is 10.3. The third-order valence-corrected chi connectivity index (χ3v) is 3.24. The van der Waals surface area contributed by atoms with Crippen molar-refractivity contribution in [1.82, 2.24) is 14.8 Å². The molecule has 0 unspecified atom stereocenters. The summed E-state index contributed by atoms with van der Waals surface area (Å²) in [6.07, 6.45) is 2.35. The Kier molecular flexibility index (Phi) is 2.96. The topological polar surface area (TPSA) is 39.9 Å². The van der Waals surface area contributed by atoms with Crippen molar-refractivity contribution in [3.8, 4) is 11.4 Å². The van der Waals surface area contributed by atoms with Crippen LogP contribution in [0.25, 0.3) is 5.69 Å². The average Bonchev–Trinajstić information content (AvgIpc) is 3.15. The van der Waals surface area contributed by atoms with Crippen LogP contribution in [0.1, 0.15) is 31.5 Å². The first kappa shape index (κ1) is 11.5. The van der Waals surface area contributed by atoms with Crippen LogP contribution in [0.4, 0.5) is 0 Å². The van der Waals surface area contributed by atoms with Crippen molar-refractivity contribution in [2.24, 2.45) is 0 Å². The molecule has 1 fully saturated rings. The smallest absolute Gasteiger partial charge is 0.229 e. The van der Waals surface area contributed by atoms with Gasteiger partial charge in [-0.3, -0.25) is 4.57 Å². The molecule has 18 heavy (non-hydrogen) atoms. The van der Waals surface area contributed by atoms with E-state index in [1.54, 1.807) is 0 Å². The van der Waals surface area contributed by atoms with Crippen molar-refractivity contribution in [3.05, 3.63) is 35.4 Å². The summed E-state index contributed by atoms with van der Waals surface area (Å²) in [5.41, 5.74) is 0.982. The molecule has 1 heterocycles. The van der Waals surface area contributed by atoms with Crippen LogP contribution < -0.4 is 4.74 Å². The second kappa shape index (κ2) is 4.61. The Morgan fingerprint density at radius 1 is 1.28 bits per heavy atom. The number of halogens is 1. The monoisotopic (exact) mass is 263 g/mol. The van der Waals surface area contributed by atoms with Gasteiger partial charge >= 0.3 is 0 Å². The van der Waals surface area contributed by atoms with Gasteiger partial charge in [0.1, 0.15) is 11.6 Å². The van der Waals surface area contributed by atoms with Crippen LogP contribution in [0.15, 0.2) is 24.3 Å². The van der Waals surface area contributed by atoms with Crippen LogP contribution in [0.3, 0.4) is 0 Å². The lowest BCUT2D eigenvalue weighted by Gasteiger charge is -2.08. The van der Waals surface area contributed by atoms with Gasteiger partial charge in [-0.15, -0.1) is 10.2 Å². The van der Waals surface area contributed by atoms with Gasteiger partial charge in [-0.05, 0) is 55.6 Å². The van der Waals surface area contributed by atoms with Crippen molar-refractivity contribution in [2.75, 3.05) is 6.61 Å². The Hall–Kier alpha value is -1.55. The van der Waals surface area contributed by atoms with E-state index in [9.17, 15) is 0 Å². The van der Waals surface area contributed by atoms with Crippen molar-refractivity contribution in [3.63, 3.8) is 0 Å². The highest BCUT2D eigenvalue weighted by molar-refractivity contribution is 6.28. The molecule has 0 amide bonds. The van der Waals surface area contributed by atoms with Gasteiger partial charge < -0.3 is 4.74 Å². The Morgan fingerprint density at radius 2 is 2.00 bits per heavy atom. The minimum atomic E-state index is 0.418. The standard InChI is InChI=1S/C13H14ClN3O/c1-2-18-11-7-5-10(6-8-11)17-12(9-3-4-9)15-16-13(17)14/h5-9H,2-4H2,1H3. The molecule has 0 bridgehead atoms. The molecule has 0 N–H and O–H groups in total. The zero-order valence-corrected chi connectivity index (χ0v) is 10.9. The van der Waals surface area contributed by atoms with Crippen molar-refractivity contribution >= 4 is 11.6 Å². The first-order valence-corrected chi connectivity index (χ1v) is 6.51. The summed E-state index contributed by atoms with van der Waals surface area (Å²) in [7, 11) is 0. The maximum absolute atomic E-state index is 6.11. The van der Waals surface area contributed by atoms with Gasteiger partial charge in [0.25, 0.3) is 0 Å². The summed E-state index contributed by atoms with van der Waals surface area (Å²) in [5.74, 6) is 2.33. The lowest BCUT2D eigenvalue weighted by molar-refractivity contribution is 0.340. The molecule has 94 valence electrons. The highest BCUT2D eigenvalue weighted by Gasteiger charge is 2.30. The number of nitrogens with zero attached hydrogens (tertiary/aromatic N) is 3. The van der Waals surface area contributed by atoms with Crippen LogP contribution >= 0.6 is 11.6 Å². The first-order chi connectivity index (χ1) is 8.79. The van der Waals surface area contributed by atoms with E-state index in [1.165, 1.54) is 12.8 Å². The SMILES string of the molecule is CCOc1ccc(-n2c(Cl)nnc2C2CC2)cc1. The third kappa shape index (κ3) is 2.08. The highest BCUT2D eigenvalue weighted by Crippen LogP contribution is 2.40. The van der Waals surface area contributed by atoms with Crippen molar-refractivity contribution < 1.29 is 4.74 Å². The molecule has 0 atom stereocenters. The second-order valence-electron chi connectivity index (χ2n) is 4.36. The Balaban J connectivity index is 1.96. The summed E-state index contributed by atoms with van der Waals surface area (Å²) in [6, 6.07) is 7.83. The van der Waals surface area contributed by atoms with Crippen molar-refractivity contribution in [2.45, 2.75) is 25.7 Å². The highest BCUT2D eigenvalue weighted by atomic mass is 35.5. The van der Waals surface area contributed by atoms with Crippen LogP contribution in [0.5, 0.6) is 5.75 Å². The van der Waals surface area contributed by atoms with Gasteiger partial charge in [0, 0.05) is 5.92 Å². The van der Waals surface area contributed by atoms with E-state index in [4.69, 9.17) is 16.3 Å². The Bertz CT molecular complexity index is 546. The zero-order valence-electron chi connectivity index (χ0n) is 10.1. The molecular weight excluding hydrogens is 250 g/mol. The van der Waals surface area contributed by atoms with E-state index in [0.717, 1.165) is 17.3 Å². The summed E-state index contributed by atoms with van der Waals surface area (Å²) in [5, 5.41) is 8.54. The minimum Gasteiger partial charge on any atom is -0.494 e. The number of hydrogen-bond donors (Lipinski definition) is 0. The van der Waals surface area contributed by atoms with Crippen LogP contribution in [-0.2, 0) is 0 Å². The Morgan fingerprint density at radius 3 is 2.61 bits per heavy atom. The van der Waals surface area contributed by atoms with Gasteiger partial charge in [0.15, 0.2) is 0 Å². The van der Waals surface area contributed by atoms with E-state index in [-0.39, 0.29) is 0 Å². The molecule has 1 aliphatic carbocycles. The number of ether oxygens (including phenoxy) is 1. The molecule has 0 spiro atoms. The average molecular weight is 264 g/mol. The third-order valence-electron chi connectivity index (χ3n) is 3.00. The van der Waals surface area contributed by atoms with E-state index in [2.05, 4.69) is 10.2 Å². The minimum absolute atomic E-state index is 0.418. The van der Waals surface area contributed by atoms with Crippen LogP contribution in [0.2, 0.25) is 5.28 Å². The number of benzene rings is 1. The normalized spacial score (nSPS) is 14.8. The number of rotatable bonds is 4. The number of aromatic nitrogens is 3. The maximum Gasteiger partial charge on any atom is 0.229 e. The molecule has 0 aliphatic heterocycles. The quantitative estimate of drug-likeness (QED) is 0.850. The zero-order chi connectivity index (χ0) is 12.5. The van der Waals surface area contributed by atoms with Crippen LogP contribution in [0, 0.1) is 0 Å². The fraction of sp³-hybridized carbons (Fsp3) is 0.385. The van der Waals surface area contributed by atoms with Gasteiger partial charge in [-0.2, -0.15) is 0 Å². The fourth-order valence-electron chi connectivity index (χ4n) is 1.98. The number of hydrogen-bond acceptors (Lipinski definition) is 3. The first-order valence-electron chi connectivity index (χ1n) is 6.13. The summed E-state index contributed by atoms with van der Waals surface area (Å²) in [4.78, 5) is 0. The molecule has 2 aromatic rings. The molecular formula is C13H14ClN3O. The summed E-state index contributed by atoms with van der Waals surface area (Å²) < 4.78 is 7.34. The predicted octanol–water partition coefficient (Wildman–Crippen LogP) is 3.20. The fourth-order valence-corrected chi connectivity index (χ4v) is 2.20. The molecule has 0 saturated heterocycles. The summed E-state index contributed by atoms with van der Waals surface area (Å²) >= 11 is 6.11. The Labute approximate surface area is 111 Å². The molecule has 1 saturated carbocycles. The molecule has 3 rings (SSSR count). The molecule has 5 heteroatoms. The van der Waals surface area contributed by atoms with Gasteiger partial charge in [0.05, 0.1) is 12.3 Å². The summed E-state index contributed by atoms with van der Waals surface area (Å²) in [6.45, 7) is 2.63. The molecule has 1 aromatic carbocycles. The van der Waals surface area contributed by atoms with Crippen molar-refractivity contribution in [1.29, 1.82) is 0 Å². The van der Waals surface area contributed by atoms with Gasteiger partial charge in [-0.1, -0.05) is 0 Å². The molecule has 1 aromatic heterocycles. The molecule has 0 radical (unpaired) electrons. The van der Waals surface area contributed by atoms with E-state index < -0.39 is 0 Å². The molecule has 4 nitrogen and oxygen atoms in total. The van der Waals surface area contributed by atoms with E-state index in [1.807, 2.05) is 35.8 Å². The molecule has 1 aliphatic rings. The predicted molar refractivity (Wildman–Crippen MR) is 69.5 cm³/mol. The van der Waals surface area contributed by atoms with Gasteiger partial charge in [-0.25, -0.2) is 0 Å².